The molecule has 1 aliphatic heterocycles. The fourth-order valence-corrected chi connectivity index (χ4v) is 7.24. The molecule has 2 N–H and O–H groups in total. The summed E-state index contributed by atoms with van der Waals surface area (Å²) in [5.74, 6) is -1.46. The van der Waals surface area contributed by atoms with Gasteiger partial charge in [0.1, 0.15) is 43.7 Å². The highest BCUT2D eigenvalue weighted by molar-refractivity contribution is 5.88. The second-order valence-electron chi connectivity index (χ2n) is 15.5. The number of rotatable bonds is 22. The molecular weight excluding hydrogens is 825 g/mol. The van der Waals surface area contributed by atoms with Crippen molar-refractivity contribution in [3.05, 3.63) is 215 Å². The van der Waals surface area contributed by atoms with Crippen LogP contribution < -0.4 is 10.6 Å². The van der Waals surface area contributed by atoms with Crippen LogP contribution in [0.5, 0.6) is 0 Å². The van der Waals surface area contributed by atoms with Crippen molar-refractivity contribution in [2.75, 3.05) is 6.61 Å². The first-order valence-electron chi connectivity index (χ1n) is 21.7. The first kappa shape index (κ1) is 46.3. The Morgan fingerprint density at radius 1 is 0.462 bits per heavy atom. The maximum absolute atomic E-state index is 14.3. The van der Waals surface area contributed by atoms with E-state index < -0.39 is 61.1 Å². The van der Waals surface area contributed by atoms with Crippen LogP contribution in [0.25, 0.3) is 0 Å². The Balaban J connectivity index is 1.16. The highest BCUT2D eigenvalue weighted by Crippen LogP contribution is 2.30. The van der Waals surface area contributed by atoms with Gasteiger partial charge < -0.3 is 43.8 Å². The minimum absolute atomic E-state index is 0.0490. The quantitative estimate of drug-likeness (QED) is 0.0642. The summed E-state index contributed by atoms with van der Waals surface area (Å²) in [6.07, 6.45) is -5.83. The number of amides is 2. The molecule has 336 valence electrons. The van der Waals surface area contributed by atoms with Crippen LogP contribution in [0.4, 0.5) is 4.79 Å². The molecule has 6 atom stereocenters. The third-order valence-electron chi connectivity index (χ3n) is 10.6. The van der Waals surface area contributed by atoms with Crippen LogP contribution in [0.3, 0.4) is 0 Å². The average Bonchev–Trinajstić information content (AvgIpc) is 3.35. The van der Waals surface area contributed by atoms with Gasteiger partial charge in [-0.25, -0.2) is 9.59 Å². The number of alkyl carbamates (subject to hydrolysis) is 1. The molecule has 2 amide bonds. The highest BCUT2D eigenvalue weighted by atomic mass is 16.6. The average molecular weight is 879 g/mol. The number of carbonyl (C=O) groups is 3. The molecule has 6 aromatic rings. The lowest BCUT2D eigenvalue weighted by Gasteiger charge is -2.46. The molecule has 12 nitrogen and oxygen atoms in total. The third-order valence-corrected chi connectivity index (χ3v) is 10.6. The number of hydrogen-bond donors (Lipinski definition) is 2. The zero-order valence-corrected chi connectivity index (χ0v) is 36.0. The van der Waals surface area contributed by atoms with Gasteiger partial charge >= 0.3 is 12.1 Å². The van der Waals surface area contributed by atoms with Crippen molar-refractivity contribution in [3.63, 3.8) is 0 Å². The van der Waals surface area contributed by atoms with Crippen LogP contribution in [0.2, 0.25) is 0 Å². The molecule has 0 aromatic heterocycles. The summed E-state index contributed by atoms with van der Waals surface area (Å²) in [4.78, 5) is 41.2. The largest absolute Gasteiger partial charge is 0.459 e. The lowest BCUT2D eigenvalue weighted by Crippen LogP contribution is -2.65. The molecule has 0 unspecified atom stereocenters. The molecule has 0 aliphatic carbocycles. The highest BCUT2D eigenvalue weighted by Gasteiger charge is 2.49. The summed E-state index contributed by atoms with van der Waals surface area (Å²) in [6, 6.07) is 55.7. The lowest BCUT2D eigenvalue weighted by molar-refractivity contribution is -0.277. The van der Waals surface area contributed by atoms with E-state index in [1.54, 1.807) is 24.3 Å². The Morgan fingerprint density at radius 3 is 1.31 bits per heavy atom. The SMILES string of the molecule is O=C(C[C@H](NC(=O)OCc1ccccc1)C(=O)OCc1ccccc1)N[C@@H]1O[C@H](COCc2ccccc2)[C@@H](OCc2ccccc2)[C@H](OCc2ccccc2)[C@H]1OCc1ccccc1. The van der Waals surface area contributed by atoms with Crippen molar-refractivity contribution in [1.29, 1.82) is 0 Å². The molecule has 1 aliphatic rings. The van der Waals surface area contributed by atoms with Crippen molar-refractivity contribution in [3.8, 4) is 0 Å². The van der Waals surface area contributed by atoms with Gasteiger partial charge in [0.05, 0.1) is 39.5 Å². The summed E-state index contributed by atoms with van der Waals surface area (Å²) in [5, 5.41) is 5.53. The maximum atomic E-state index is 14.3. The number of nitrogens with one attached hydrogen (secondary N) is 2. The minimum Gasteiger partial charge on any atom is -0.459 e. The molecule has 7 rings (SSSR count). The molecule has 65 heavy (non-hydrogen) atoms. The van der Waals surface area contributed by atoms with Crippen LogP contribution in [-0.2, 0) is 82.4 Å². The van der Waals surface area contributed by atoms with E-state index in [0.29, 0.717) is 6.61 Å². The van der Waals surface area contributed by atoms with Crippen LogP contribution in [-0.4, -0.2) is 61.3 Å². The van der Waals surface area contributed by atoms with E-state index in [-0.39, 0.29) is 39.6 Å². The Morgan fingerprint density at radius 2 is 0.846 bits per heavy atom. The van der Waals surface area contributed by atoms with Crippen molar-refractivity contribution < 1.29 is 47.5 Å². The summed E-state index contributed by atoms with van der Waals surface area (Å²) in [5.41, 5.74) is 5.19. The standard InChI is InChI=1S/C53H54N2O10/c56-47(31-45(52(57)63-36-43-27-15-5-16-28-43)54-53(58)64-37-44-29-17-6-18-30-44)55-51-50(62-35-42-25-13-4-14-26-42)49(61-34-41-23-11-3-12-24-41)48(60-33-40-21-9-2-10-22-40)46(65-51)38-59-32-39-19-7-1-8-20-39/h1-30,45-46,48-51H,31-38H2,(H,54,58)(H,55,56)/t45-,46+,48+,49-,50+,51+/m0/s1. The number of ether oxygens (including phenoxy) is 7. The lowest BCUT2D eigenvalue weighted by atomic mass is 9.96. The number of esters is 1. The Labute approximate surface area is 379 Å². The monoisotopic (exact) mass is 878 g/mol. The maximum Gasteiger partial charge on any atom is 0.408 e. The molecule has 1 fully saturated rings. The van der Waals surface area contributed by atoms with E-state index in [9.17, 15) is 14.4 Å². The summed E-state index contributed by atoms with van der Waals surface area (Å²) in [6.45, 7) is 0.824. The van der Waals surface area contributed by atoms with Crippen molar-refractivity contribution in [1.82, 2.24) is 10.6 Å². The van der Waals surface area contributed by atoms with Gasteiger partial charge in [-0.2, -0.15) is 0 Å². The molecule has 0 radical (unpaired) electrons. The zero-order valence-electron chi connectivity index (χ0n) is 36.0. The smallest absolute Gasteiger partial charge is 0.408 e. The normalized spacial score (nSPS) is 18.5. The van der Waals surface area contributed by atoms with Crippen LogP contribution in [0.1, 0.15) is 39.8 Å². The van der Waals surface area contributed by atoms with Gasteiger partial charge in [-0.3, -0.25) is 4.79 Å². The third kappa shape index (κ3) is 15.0. The van der Waals surface area contributed by atoms with Gasteiger partial charge in [0.2, 0.25) is 5.91 Å². The molecule has 0 saturated carbocycles. The number of benzene rings is 6. The van der Waals surface area contributed by atoms with Crippen molar-refractivity contribution in [2.45, 2.75) is 82.7 Å². The first-order valence-corrected chi connectivity index (χ1v) is 21.7. The summed E-state index contributed by atoms with van der Waals surface area (Å²) in [7, 11) is 0. The molecular formula is C53H54N2O10. The number of carbonyl (C=O) groups excluding carboxylic acids is 3. The first-order chi connectivity index (χ1) is 32.0. The predicted octanol–water partition coefficient (Wildman–Crippen LogP) is 8.23. The second-order valence-corrected chi connectivity index (χ2v) is 15.5. The molecule has 6 aromatic carbocycles. The molecule has 1 heterocycles. The van der Waals surface area contributed by atoms with Gasteiger partial charge in [0, 0.05) is 0 Å². The molecule has 0 bridgehead atoms. The molecule has 1 saturated heterocycles. The van der Waals surface area contributed by atoms with Crippen molar-refractivity contribution in [2.24, 2.45) is 0 Å². The zero-order chi connectivity index (χ0) is 44.9. The fraction of sp³-hybridized carbons (Fsp3) is 0.264. The van der Waals surface area contributed by atoms with Crippen molar-refractivity contribution >= 4 is 18.0 Å². The van der Waals surface area contributed by atoms with Crippen LogP contribution in [0, 0.1) is 0 Å². The summed E-state index contributed by atoms with van der Waals surface area (Å²) < 4.78 is 44.4. The van der Waals surface area contributed by atoms with E-state index >= 15 is 0 Å². The van der Waals surface area contributed by atoms with Gasteiger partial charge in [0.25, 0.3) is 0 Å². The van der Waals surface area contributed by atoms with E-state index in [1.165, 1.54) is 0 Å². The molecule has 0 spiro atoms. The molecule has 12 heteroatoms. The van der Waals surface area contributed by atoms with E-state index in [1.807, 2.05) is 158 Å². The van der Waals surface area contributed by atoms with Gasteiger partial charge in [-0.05, 0) is 33.4 Å². The van der Waals surface area contributed by atoms with Gasteiger partial charge in [0.15, 0.2) is 6.23 Å². The minimum atomic E-state index is -1.42. The van der Waals surface area contributed by atoms with E-state index in [2.05, 4.69) is 10.6 Å². The number of hydrogen-bond acceptors (Lipinski definition) is 10. The van der Waals surface area contributed by atoms with Gasteiger partial charge in [-0.15, -0.1) is 0 Å². The Hall–Kier alpha value is -6.67. The Bertz CT molecular complexity index is 2310. The van der Waals surface area contributed by atoms with Crippen LogP contribution in [0.15, 0.2) is 182 Å². The summed E-state index contributed by atoms with van der Waals surface area (Å²) >= 11 is 0. The topological polar surface area (TPSA) is 140 Å². The van der Waals surface area contributed by atoms with Gasteiger partial charge in [-0.1, -0.05) is 182 Å². The van der Waals surface area contributed by atoms with Crippen LogP contribution >= 0.6 is 0 Å². The fourth-order valence-electron chi connectivity index (χ4n) is 7.24. The Kier molecular flexibility index (Phi) is 17.8. The van der Waals surface area contributed by atoms with E-state index in [0.717, 1.165) is 33.4 Å². The predicted molar refractivity (Wildman–Crippen MR) is 242 cm³/mol. The van der Waals surface area contributed by atoms with E-state index in [4.69, 9.17) is 33.2 Å². The second kappa shape index (κ2) is 25.0.